The number of Topliss-reactive ketones (excluding diaryl/α,β-unsaturated/α-hetero) is 3. The second kappa shape index (κ2) is 11.2. The topological polar surface area (TPSA) is 172 Å². The average molecular weight is 676 g/mol. The molecule has 5 aliphatic rings. The first kappa shape index (κ1) is 32.9. The van der Waals surface area contributed by atoms with Crippen LogP contribution in [-0.2, 0) is 44.5 Å². The van der Waals surface area contributed by atoms with Crippen LogP contribution >= 0.6 is 0 Å². The number of amides is 1. The van der Waals surface area contributed by atoms with E-state index < -0.39 is 82.5 Å². The number of phenolic OH excluding ortho intramolecular Hbond substituents is 1. The van der Waals surface area contributed by atoms with Gasteiger partial charge in [0.2, 0.25) is 11.6 Å². The number of esters is 2. The SMILES string of the molecule is COC1CC2OC3=C(C(=O)c4c(ccc5cc6c(c(O)c45)C(=O)N4C(C)(C6)OC(=O)C4(C)COC(=O)CC(C)C)C3=O)C(=O)C2CC1OC. The van der Waals surface area contributed by atoms with Gasteiger partial charge in [-0.3, -0.25) is 28.9 Å². The molecule has 6 atom stereocenters. The highest BCUT2D eigenvalue weighted by molar-refractivity contribution is 6.40. The van der Waals surface area contributed by atoms with Crippen molar-refractivity contribution in [2.75, 3.05) is 20.8 Å². The molecule has 3 aliphatic heterocycles. The standard InChI is InChI=1S/C36H37NO12/c1-15(2)9-23(38)47-14-35(3)34(44)49-36(4)13-17-10-16-7-8-18-26(24(16)30(41)25(17)33(43)37(35)36)31(42)27-28(39)19-11-21(45-5)22(46-6)12-20(19)48-32(27)29(18)40/h7-8,10,15,19-22,41H,9,11-14H2,1-6H3. The number of allylic oxidation sites excluding steroid dienone is 2. The number of fused-ring (bicyclic) bond motifs is 6. The lowest BCUT2D eigenvalue weighted by molar-refractivity contribution is -0.154. The number of carbonyl (C=O) groups is 6. The van der Waals surface area contributed by atoms with Crippen molar-refractivity contribution in [2.24, 2.45) is 11.8 Å². The molecular formula is C36H37NO12. The summed E-state index contributed by atoms with van der Waals surface area (Å²) in [5, 5.41) is 12.1. The van der Waals surface area contributed by atoms with Crippen molar-refractivity contribution in [1.29, 1.82) is 0 Å². The molecule has 2 fully saturated rings. The Labute approximate surface area is 281 Å². The van der Waals surface area contributed by atoms with E-state index in [0.29, 0.717) is 10.9 Å². The summed E-state index contributed by atoms with van der Waals surface area (Å²) in [7, 11) is 3.03. The predicted octanol–water partition coefficient (Wildman–Crippen LogP) is 3.21. The summed E-state index contributed by atoms with van der Waals surface area (Å²) >= 11 is 0. The van der Waals surface area contributed by atoms with Gasteiger partial charge in [0.15, 0.2) is 22.8 Å². The molecule has 2 aliphatic carbocycles. The van der Waals surface area contributed by atoms with Crippen molar-refractivity contribution >= 4 is 46.0 Å². The van der Waals surface area contributed by atoms with E-state index in [1.807, 2.05) is 13.8 Å². The third-order valence-electron chi connectivity index (χ3n) is 10.5. The van der Waals surface area contributed by atoms with E-state index in [1.54, 1.807) is 19.1 Å². The Balaban J connectivity index is 1.31. The van der Waals surface area contributed by atoms with Crippen LogP contribution in [0.4, 0.5) is 0 Å². The molecule has 2 aromatic carbocycles. The van der Waals surface area contributed by atoms with E-state index in [9.17, 15) is 33.9 Å². The van der Waals surface area contributed by atoms with Gasteiger partial charge in [-0.25, -0.2) is 4.79 Å². The van der Waals surface area contributed by atoms with Crippen molar-refractivity contribution in [3.05, 3.63) is 51.8 Å². The Bertz CT molecular complexity index is 1930. The van der Waals surface area contributed by atoms with Gasteiger partial charge in [-0.05, 0) is 49.3 Å². The molecule has 0 spiro atoms. The van der Waals surface area contributed by atoms with Crippen molar-refractivity contribution in [2.45, 2.75) is 83.0 Å². The van der Waals surface area contributed by atoms with Crippen LogP contribution in [0.5, 0.6) is 5.75 Å². The lowest BCUT2D eigenvalue weighted by atomic mass is 9.72. The maximum Gasteiger partial charge on any atom is 0.337 e. The van der Waals surface area contributed by atoms with Gasteiger partial charge in [0.1, 0.15) is 24.0 Å². The maximum atomic E-state index is 14.3. The Hall–Kier alpha value is -4.62. The first-order valence-corrected chi connectivity index (χ1v) is 16.3. The quantitative estimate of drug-likeness (QED) is 0.351. The van der Waals surface area contributed by atoms with Crippen LogP contribution in [0.2, 0.25) is 0 Å². The number of rotatable bonds is 6. The van der Waals surface area contributed by atoms with E-state index in [-0.39, 0.29) is 65.5 Å². The smallest absolute Gasteiger partial charge is 0.337 e. The summed E-state index contributed by atoms with van der Waals surface area (Å²) < 4.78 is 28.3. The Morgan fingerprint density at radius 1 is 1.02 bits per heavy atom. The largest absolute Gasteiger partial charge is 0.506 e. The second-order valence-electron chi connectivity index (χ2n) is 14.3. The van der Waals surface area contributed by atoms with Crippen LogP contribution in [0.25, 0.3) is 10.8 Å². The van der Waals surface area contributed by atoms with Crippen LogP contribution < -0.4 is 0 Å². The number of hydrogen-bond donors (Lipinski definition) is 1. The number of aromatic hydroxyl groups is 1. The Morgan fingerprint density at radius 3 is 2.39 bits per heavy atom. The summed E-state index contributed by atoms with van der Waals surface area (Å²) in [6.07, 6.45) is -0.915. The molecule has 6 unspecified atom stereocenters. The number of phenols is 1. The summed E-state index contributed by atoms with van der Waals surface area (Å²) in [6.45, 7) is 6.20. The molecule has 13 nitrogen and oxygen atoms in total. The van der Waals surface area contributed by atoms with E-state index in [1.165, 1.54) is 32.1 Å². The molecule has 7 rings (SSSR count). The summed E-state index contributed by atoms with van der Waals surface area (Å²) in [6, 6.07) is 4.58. The lowest BCUT2D eigenvalue weighted by Gasteiger charge is -2.43. The molecule has 258 valence electrons. The highest BCUT2D eigenvalue weighted by atomic mass is 16.6. The molecule has 0 radical (unpaired) electrons. The van der Waals surface area contributed by atoms with Crippen LogP contribution in [-0.4, -0.2) is 95.6 Å². The third-order valence-corrected chi connectivity index (χ3v) is 10.5. The number of benzene rings is 2. The van der Waals surface area contributed by atoms with E-state index in [0.717, 1.165) is 0 Å². The van der Waals surface area contributed by atoms with E-state index in [2.05, 4.69) is 0 Å². The maximum absolute atomic E-state index is 14.3. The molecular weight excluding hydrogens is 638 g/mol. The van der Waals surface area contributed by atoms with Gasteiger partial charge >= 0.3 is 11.9 Å². The number of ether oxygens (including phenoxy) is 5. The number of ketones is 3. The zero-order chi connectivity index (χ0) is 35.3. The Morgan fingerprint density at radius 2 is 1.71 bits per heavy atom. The van der Waals surface area contributed by atoms with Crippen molar-refractivity contribution in [3.63, 3.8) is 0 Å². The minimum atomic E-state index is -1.72. The average Bonchev–Trinajstić information content (AvgIpc) is 3.25. The highest BCUT2D eigenvalue weighted by Gasteiger charge is 2.64. The third kappa shape index (κ3) is 4.65. The first-order chi connectivity index (χ1) is 23.1. The van der Waals surface area contributed by atoms with Gasteiger partial charge in [-0.15, -0.1) is 0 Å². The molecule has 1 saturated heterocycles. The second-order valence-corrected chi connectivity index (χ2v) is 14.3. The first-order valence-electron chi connectivity index (χ1n) is 16.3. The molecule has 1 saturated carbocycles. The fourth-order valence-corrected chi connectivity index (χ4v) is 8.20. The van der Waals surface area contributed by atoms with Gasteiger partial charge in [-0.2, -0.15) is 0 Å². The van der Waals surface area contributed by atoms with Gasteiger partial charge in [0.25, 0.3) is 5.91 Å². The molecule has 1 N–H and O–H groups in total. The van der Waals surface area contributed by atoms with Crippen molar-refractivity contribution in [1.82, 2.24) is 4.90 Å². The fourth-order valence-electron chi connectivity index (χ4n) is 8.20. The van der Waals surface area contributed by atoms with E-state index in [4.69, 9.17) is 23.7 Å². The molecule has 1 amide bonds. The Kier molecular flexibility index (Phi) is 7.53. The molecule has 49 heavy (non-hydrogen) atoms. The molecule has 13 heteroatoms. The zero-order valence-corrected chi connectivity index (χ0v) is 28.0. The fraction of sp³-hybridized carbons (Fsp3) is 0.500. The molecule has 3 heterocycles. The minimum Gasteiger partial charge on any atom is -0.506 e. The number of methoxy groups -OCH3 is 2. The minimum absolute atomic E-state index is 0.00652. The number of nitrogens with zero attached hydrogens (tertiary/aromatic N) is 1. The molecule has 0 aromatic heterocycles. The number of hydrogen-bond acceptors (Lipinski definition) is 12. The van der Waals surface area contributed by atoms with Crippen LogP contribution in [0, 0.1) is 11.8 Å². The lowest BCUT2D eigenvalue weighted by Crippen LogP contribution is -2.61. The van der Waals surface area contributed by atoms with Crippen LogP contribution in [0.15, 0.2) is 29.5 Å². The van der Waals surface area contributed by atoms with E-state index >= 15 is 0 Å². The summed E-state index contributed by atoms with van der Waals surface area (Å²) in [5.74, 6) is -5.83. The van der Waals surface area contributed by atoms with Crippen LogP contribution in [0.1, 0.15) is 83.6 Å². The highest BCUT2D eigenvalue weighted by Crippen LogP contribution is 2.49. The van der Waals surface area contributed by atoms with Crippen molar-refractivity contribution < 1.29 is 57.6 Å². The van der Waals surface area contributed by atoms with Crippen molar-refractivity contribution in [3.8, 4) is 5.75 Å². The molecule has 2 aromatic rings. The zero-order valence-electron chi connectivity index (χ0n) is 28.0. The van der Waals surface area contributed by atoms with Crippen LogP contribution in [0.3, 0.4) is 0 Å². The monoisotopic (exact) mass is 675 g/mol. The normalized spacial score (nSPS) is 30.4. The number of carbonyl (C=O) groups excluding carboxylic acids is 6. The molecule has 0 bridgehead atoms. The predicted molar refractivity (Wildman–Crippen MR) is 169 cm³/mol. The van der Waals surface area contributed by atoms with Gasteiger partial charge in [0, 0.05) is 50.0 Å². The summed E-state index contributed by atoms with van der Waals surface area (Å²) in [5.41, 5.74) is -3.73. The van der Waals surface area contributed by atoms with Gasteiger partial charge in [0.05, 0.1) is 23.7 Å². The van der Waals surface area contributed by atoms with Gasteiger partial charge in [-0.1, -0.05) is 19.9 Å². The van der Waals surface area contributed by atoms with Gasteiger partial charge < -0.3 is 28.8 Å². The summed E-state index contributed by atoms with van der Waals surface area (Å²) in [4.78, 5) is 83.4.